The standard InChI is InChI=1S/C17H22O3/c1-13(2)5-4-6-14(3)11-12-20-16-9-7-15(8-10-16)17(18)19/h5,7-11H,4,6,12H2,1-3H3,(H,18,19)/b14-11+. The van der Waals surface area contributed by atoms with E-state index >= 15 is 0 Å². The quantitative estimate of drug-likeness (QED) is 0.747. The van der Waals surface area contributed by atoms with Crippen molar-refractivity contribution in [3.05, 3.63) is 53.1 Å². The number of carboxylic acid groups (broad SMARTS) is 1. The lowest BCUT2D eigenvalue weighted by atomic mass is 10.1. The molecule has 3 heteroatoms. The predicted molar refractivity (Wildman–Crippen MR) is 81.3 cm³/mol. The van der Waals surface area contributed by atoms with Crippen molar-refractivity contribution in [2.75, 3.05) is 6.61 Å². The summed E-state index contributed by atoms with van der Waals surface area (Å²) in [6.45, 7) is 6.80. The molecule has 1 aromatic rings. The highest BCUT2D eigenvalue weighted by atomic mass is 16.5. The first kappa shape index (κ1) is 16.0. The van der Waals surface area contributed by atoms with Gasteiger partial charge in [-0.15, -0.1) is 0 Å². The number of rotatable bonds is 7. The molecule has 0 radical (unpaired) electrons. The van der Waals surface area contributed by atoms with Crippen LogP contribution in [-0.4, -0.2) is 17.7 Å². The molecule has 0 heterocycles. The number of benzene rings is 1. The first-order valence-corrected chi connectivity index (χ1v) is 6.74. The third-order valence-corrected chi connectivity index (χ3v) is 2.87. The van der Waals surface area contributed by atoms with Crippen molar-refractivity contribution < 1.29 is 14.6 Å². The van der Waals surface area contributed by atoms with Crippen molar-refractivity contribution in [1.82, 2.24) is 0 Å². The van der Waals surface area contributed by atoms with E-state index in [9.17, 15) is 4.79 Å². The van der Waals surface area contributed by atoms with Crippen LogP contribution in [0.2, 0.25) is 0 Å². The molecule has 0 amide bonds. The van der Waals surface area contributed by atoms with E-state index in [1.165, 1.54) is 11.1 Å². The summed E-state index contributed by atoms with van der Waals surface area (Å²) in [6, 6.07) is 6.44. The van der Waals surface area contributed by atoms with Gasteiger partial charge in [0.15, 0.2) is 0 Å². The van der Waals surface area contributed by atoms with Gasteiger partial charge in [-0.1, -0.05) is 17.2 Å². The molecule has 0 spiro atoms. The molecule has 0 aliphatic rings. The Balaban J connectivity index is 2.39. The summed E-state index contributed by atoms with van der Waals surface area (Å²) in [6.07, 6.45) is 6.37. The molecule has 0 aliphatic heterocycles. The fraction of sp³-hybridized carbons (Fsp3) is 0.353. The fourth-order valence-corrected chi connectivity index (χ4v) is 1.66. The number of carbonyl (C=O) groups is 1. The molecule has 1 rings (SSSR count). The van der Waals surface area contributed by atoms with Crippen LogP contribution in [-0.2, 0) is 0 Å². The average molecular weight is 274 g/mol. The highest BCUT2D eigenvalue weighted by Gasteiger charge is 2.01. The van der Waals surface area contributed by atoms with Crippen LogP contribution in [0.15, 0.2) is 47.6 Å². The Kier molecular flexibility index (Phi) is 6.57. The molecule has 0 aliphatic carbocycles. The second-order valence-corrected chi connectivity index (χ2v) is 5.01. The first-order valence-electron chi connectivity index (χ1n) is 6.74. The number of carboxylic acids is 1. The maximum Gasteiger partial charge on any atom is 0.335 e. The highest BCUT2D eigenvalue weighted by molar-refractivity contribution is 5.87. The molecule has 3 nitrogen and oxygen atoms in total. The maximum absolute atomic E-state index is 10.7. The van der Waals surface area contributed by atoms with Gasteiger partial charge in [0, 0.05) is 0 Å². The van der Waals surface area contributed by atoms with Gasteiger partial charge < -0.3 is 9.84 Å². The van der Waals surface area contributed by atoms with Crippen LogP contribution in [0.3, 0.4) is 0 Å². The third-order valence-electron chi connectivity index (χ3n) is 2.87. The molecule has 0 unspecified atom stereocenters. The van der Waals surface area contributed by atoms with Crippen LogP contribution >= 0.6 is 0 Å². The van der Waals surface area contributed by atoms with E-state index in [0.29, 0.717) is 12.4 Å². The Hall–Kier alpha value is -2.03. The molecule has 0 saturated heterocycles. The fourth-order valence-electron chi connectivity index (χ4n) is 1.66. The van der Waals surface area contributed by atoms with Gasteiger partial charge in [0.1, 0.15) is 12.4 Å². The van der Waals surface area contributed by atoms with Crippen LogP contribution in [0.1, 0.15) is 44.0 Å². The van der Waals surface area contributed by atoms with Gasteiger partial charge in [-0.3, -0.25) is 0 Å². The monoisotopic (exact) mass is 274 g/mol. The van der Waals surface area contributed by atoms with E-state index in [1.54, 1.807) is 24.3 Å². The Labute approximate surface area is 120 Å². The second-order valence-electron chi connectivity index (χ2n) is 5.01. The van der Waals surface area contributed by atoms with Crippen LogP contribution in [0, 0.1) is 0 Å². The lowest BCUT2D eigenvalue weighted by molar-refractivity contribution is 0.0697. The molecular weight excluding hydrogens is 252 g/mol. The normalized spacial score (nSPS) is 11.1. The minimum absolute atomic E-state index is 0.269. The SMILES string of the molecule is CC(C)=CCC/C(C)=C/COc1ccc(C(=O)O)cc1. The van der Waals surface area contributed by atoms with Gasteiger partial charge in [-0.05, 0) is 64.0 Å². The zero-order chi connectivity index (χ0) is 15.0. The van der Waals surface area contributed by atoms with E-state index in [1.807, 2.05) is 0 Å². The van der Waals surface area contributed by atoms with Crippen molar-refractivity contribution in [3.63, 3.8) is 0 Å². The largest absolute Gasteiger partial charge is 0.490 e. The Morgan fingerprint density at radius 3 is 2.35 bits per heavy atom. The van der Waals surface area contributed by atoms with Crippen molar-refractivity contribution in [1.29, 1.82) is 0 Å². The number of hydrogen-bond donors (Lipinski definition) is 1. The minimum Gasteiger partial charge on any atom is -0.490 e. The number of ether oxygens (including phenoxy) is 1. The van der Waals surface area contributed by atoms with Gasteiger partial charge >= 0.3 is 5.97 Å². The Bertz CT molecular complexity index is 491. The van der Waals surface area contributed by atoms with Gasteiger partial charge in [-0.2, -0.15) is 0 Å². The van der Waals surface area contributed by atoms with Gasteiger partial charge in [0.05, 0.1) is 5.56 Å². The van der Waals surface area contributed by atoms with Crippen LogP contribution in [0.4, 0.5) is 0 Å². The van der Waals surface area contributed by atoms with Crippen LogP contribution in [0.25, 0.3) is 0 Å². The van der Waals surface area contributed by atoms with Crippen molar-refractivity contribution in [2.24, 2.45) is 0 Å². The van der Waals surface area contributed by atoms with E-state index < -0.39 is 5.97 Å². The average Bonchev–Trinajstić information content (AvgIpc) is 2.39. The molecule has 0 atom stereocenters. The molecule has 1 aromatic carbocycles. The zero-order valence-electron chi connectivity index (χ0n) is 12.3. The lowest BCUT2D eigenvalue weighted by Crippen LogP contribution is -1.98. The Morgan fingerprint density at radius 2 is 1.80 bits per heavy atom. The van der Waals surface area contributed by atoms with Crippen LogP contribution in [0.5, 0.6) is 5.75 Å². The van der Waals surface area contributed by atoms with Crippen LogP contribution < -0.4 is 4.74 Å². The van der Waals surface area contributed by atoms with E-state index in [4.69, 9.17) is 9.84 Å². The Morgan fingerprint density at radius 1 is 1.15 bits per heavy atom. The van der Waals surface area contributed by atoms with Gasteiger partial charge in [0.2, 0.25) is 0 Å². The van der Waals surface area contributed by atoms with Gasteiger partial charge in [0.25, 0.3) is 0 Å². The first-order chi connectivity index (χ1) is 9.49. The molecule has 0 bridgehead atoms. The third kappa shape index (κ3) is 6.23. The van der Waals surface area contributed by atoms with Crippen molar-refractivity contribution >= 4 is 5.97 Å². The van der Waals surface area contributed by atoms with E-state index in [2.05, 4.69) is 32.9 Å². The second kappa shape index (κ2) is 8.20. The minimum atomic E-state index is -0.924. The summed E-state index contributed by atoms with van der Waals surface area (Å²) < 4.78 is 5.55. The molecule has 0 saturated carbocycles. The molecular formula is C17H22O3. The number of aromatic carboxylic acids is 1. The summed E-state index contributed by atoms with van der Waals surface area (Å²) in [5.74, 6) is -0.241. The van der Waals surface area contributed by atoms with Crippen molar-refractivity contribution in [2.45, 2.75) is 33.6 Å². The summed E-state index contributed by atoms with van der Waals surface area (Å²) in [7, 11) is 0. The summed E-state index contributed by atoms with van der Waals surface area (Å²) in [5, 5.41) is 8.79. The molecule has 20 heavy (non-hydrogen) atoms. The number of allylic oxidation sites excluding steroid dienone is 3. The topological polar surface area (TPSA) is 46.5 Å². The van der Waals surface area contributed by atoms with Gasteiger partial charge in [-0.25, -0.2) is 4.79 Å². The smallest absolute Gasteiger partial charge is 0.335 e. The predicted octanol–water partition coefficient (Wildman–Crippen LogP) is 4.46. The molecule has 0 fully saturated rings. The summed E-state index contributed by atoms with van der Waals surface area (Å²) >= 11 is 0. The summed E-state index contributed by atoms with van der Waals surface area (Å²) in [5.41, 5.74) is 2.91. The maximum atomic E-state index is 10.7. The highest BCUT2D eigenvalue weighted by Crippen LogP contribution is 2.13. The molecule has 1 N–H and O–H groups in total. The summed E-state index contributed by atoms with van der Waals surface area (Å²) in [4.78, 5) is 10.7. The number of hydrogen-bond acceptors (Lipinski definition) is 2. The van der Waals surface area contributed by atoms with E-state index in [0.717, 1.165) is 12.8 Å². The zero-order valence-corrected chi connectivity index (χ0v) is 12.3. The van der Waals surface area contributed by atoms with Crippen molar-refractivity contribution in [3.8, 4) is 5.75 Å². The molecule has 0 aromatic heterocycles. The van der Waals surface area contributed by atoms with E-state index in [-0.39, 0.29) is 5.56 Å². The lowest BCUT2D eigenvalue weighted by Gasteiger charge is -2.05. The molecule has 108 valence electrons.